The number of benzene rings is 1. The number of aryl methyl sites for hydroxylation is 1. The number of alkyl halides is 1. The van der Waals surface area contributed by atoms with E-state index in [4.69, 9.17) is 23.2 Å². The molecule has 1 atom stereocenters. The summed E-state index contributed by atoms with van der Waals surface area (Å²) in [6, 6.07) is 7.88. The second-order valence-corrected chi connectivity index (χ2v) is 8.12. The molecule has 110 valence electrons. The average molecular weight is 405 g/mol. The number of hydrogen-bond acceptors (Lipinski definition) is 2. The average Bonchev–Trinajstić information content (AvgIpc) is 2.69. The largest absolute Gasteiger partial charge is 0.352 e. The van der Waals surface area contributed by atoms with Crippen LogP contribution in [0.15, 0.2) is 24.3 Å². The molecule has 1 unspecified atom stereocenters. The van der Waals surface area contributed by atoms with Gasteiger partial charge in [-0.2, -0.15) is 0 Å². The van der Waals surface area contributed by atoms with Gasteiger partial charge in [-0.3, -0.25) is 4.79 Å². The van der Waals surface area contributed by atoms with Crippen molar-refractivity contribution in [3.8, 4) is 0 Å². The zero-order valence-corrected chi connectivity index (χ0v) is 14.9. The Morgan fingerprint density at radius 3 is 2.81 bits per heavy atom. The minimum absolute atomic E-state index is 0.00139. The smallest absolute Gasteiger partial charge is 0.251 e. The van der Waals surface area contributed by atoms with Crippen LogP contribution in [0.2, 0.25) is 8.67 Å². The molecule has 2 heterocycles. The number of hydrogen-bond donors (Lipinski definition) is 1. The fourth-order valence-electron chi connectivity index (χ4n) is 2.46. The van der Waals surface area contributed by atoms with Crippen molar-refractivity contribution in [3.63, 3.8) is 0 Å². The van der Waals surface area contributed by atoms with Crippen LogP contribution in [0, 0.1) is 0 Å². The molecular formula is C15H12BrCl2NOS. The van der Waals surface area contributed by atoms with E-state index in [1.165, 1.54) is 11.3 Å². The van der Waals surface area contributed by atoms with E-state index in [1.807, 2.05) is 24.3 Å². The van der Waals surface area contributed by atoms with Gasteiger partial charge in [0.25, 0.3) is 5.91 Å². The van der Waals surface area contributed by atoms with E-state index in [-0.39, 0.29) is 10.7 Å². The first-order chi connectivity index (χ1) is 10.1. The Morgan fingerprint density at radius 2 is 2.10 bits per heavy atom. The van der Waals surface area contributed by atoms with E-state index < -0.39 is 0 Å². The predicted octanol–water partition coefficient (Wildman–Crippen LogP) is 5.22. The lowest BCUT2D eigenvalue weighted by molar-refractivity contribution is 0.0956. The van der Waals surface area contributed by atoms with Crippen molar-refractivity contribution in [2.24, 2.45) is 0 Å². The zero-order chi connectivity index (χ0) is 15.0. The van der Waals surface area contributed by atoms with E-state index in [1.54, 1.807) is 0 Å². The molecule has 6 heteroatoms. The van der Waals surface area contributed by atoms with Gasteiger partial charge in [-0.05, 0) is 36.1 Å². The SMILES string of the molecule is O=C1NCCCc2ccc(C(Br)c3cc(Cl)sc3Cl)cc21. The lowest BCUT2D eigenvalue weighted by atomic mass is 9.98. The van der Waals surface area contributed by atoms with E-state index >= 15 is 0 Å². The minimum atomic E-state index is -0.0740. The van der Waals surface area contributed by atoms with Crippen LogP contribution >= 0.6 is 50.5 Å². The summed E-state index contributed by atoms with van der Waals surface area (Å²) in [6.45, 7) is 0.729. The summed E-state index contributed by atoms with van der Waals surface area (Å²) >= 11 is 17.2. The van der Waals surface area contributed by atoms with Gasteiger partial charge in [-0.1, -0.05) is 51.3 Å². The molecule has 0 radical (unpaired) electrons. The normalized spacial score (nSPS) is 16.0. The molecule has 2 aromatic rings. The van der Waals surface area contributed by atoms with Crippen molar-refractivity contribution in [2.75, 3.05) is 6.54 Å². The molecule has 21 heavy (non-hydrogen) atoms. The molecule has 1 aliphatic rings. The van der Waals surface area contributed by atoms with Crippen LogP contribution in [0.25, 0.3) is 0 Å². The number of fused-ring (bicyclic) bond motifs is 1. The molecule has 2 nitrogen and oxygen atoms in total. The first-order valence-corrected chi connectivity index (χ1v) is 9.05. The zero-order valence-electron chi connectivity index (χ0n) is 11.0. The van der Waals surface area contributed by atoms with Crippen molar-refractivity contribution in [1.82, 2.24) is 5.32 Å². The molecule has 1 amide bonds. The standard InChI is InChI=1S/C15H12BrCl2NOS/c16-13(11-7-12(17)21-14(11)18)9-4-3-8-2-1-5-19-15(20)10(8)6-9/h3-4,6-7,13H,1-2,5H2,(H,19,20). The first-order valence-electron chi connectivity index (χ1n) is 6.56. The summed E-state index contributed by atoms with van der Waals surface area (Å²) in [5.41, 5.74) is 3.79. The van der Waals surface area contributed by atoms with Gasteiger partial charge in [-0.25, -0.2) is 0 Å². The van der Waals surface area contributed by atoms with Gasteiger partial charge in [-0.15, -0.1) is 11.3 Å². The molecule has 0 saturated carbocycles. The summed E-state index contributed by atoms with van der Waals surface area (Å²) < 4.78 is 1.33. The first kappa shape index (κ1) is 15.3. The molecule has 3 rings (SSSR count). The Bertz CT molecular complexity index is 701. The van der Waals surface area contributed by atoms with Crippen LogP contribution in [0.3, 0.4) is 0 Å². The van der Waals surface area contributed by atoms with Gasteiger partial charge in [0.2, 0.25) is 0 Å². The maximum absolute atomic E-state index is 12.1. The highest BCUT2D eigenvalue weighted by Crippen LogP contribution is 2.42. The summed E-state index contributed by atoms with van der Waals surface area (Å²) in [5, 5.41) is 2.92. The number of thiophene rings is 1. The molecule has 0 aliphatic carbocycles. The highest BCUT2D eigenvalue weighted by atomic mass is 79.9. The van der Waals surface area contributed by atoms with E-state index in [0.29, 0.717) is 8.67 Å². The summed E-state index contributed by atoms with van der Waals surface area (Å²) in [6.07, 6.45) is 1.90. The molecule has 1 aromatic carbocycles. The number of carbonyl (C=O) groups is 1. The topological polar surface area (TPSA) is 29.1 Å². The van der Waals surface area contributed by atoms with Gasteiger partial charge in [0.1, 0.15) is 0 Å². The Balaban J connectivity index is 2.00. The van der Waals surface area contributed by atoms with Crippen LogP contribution in [-0.4, -0.2) is 12.5 Å². The highest BCUT2D eigenvalue weighted by molar-refractivity contribution is 9.09. The van der Waals surface area contributed by atoms with Crippen molar-refractivity contribution in [3.05, 3.63) is 55.2 Å². The third-order valence-corrected chi connectivity index (χ3v) is 6.08. The van der Waals surface area contributed by atoms with Crippen LogP contribution in [-0.2, 0) is 6.42 Å². The molecule has 1 aliphatic heterocycles. The summed E-state index contributed by atoms with van der Waals surface area (Å²) in [5.74, 6) is -0.00139. The maximum atomic E-state index is 12.1. The predicted molar refractivity (Wildman–Crippen MR) is 92.2 cm³/mol. The number of carbonyl (C=O) groups excluding carboxylic acids is 1. The van der Waals surface area contributed by atoms with Gasteiger partial charge in [0.05, 0.1) is 13.5 Å². The third kappa shape index (κ3) is 3.14. The Morgan fingerprint density at radius 1 is 1.29 bits per heavy atom. The molecule has 1 N–H and O–H groups in total. The van der Waals surface area contributed by atoms with E-state index in [9.17, 15) is 4.79 Å². The fourth-order valence-corrected chi connectivity index (χ4v) is 4.92. The Kier molecular flexibility index (Phi) is 4.60. The van der Waals surface area contributed by atoms with Crippen LogP contribution < -0.4 is 5.32 Å². The number of amides is 1. The number of rotatable bonds is 2. The molecule has 0 fully saturated rings. The van der Waals surface area contributed by atoms with Crippen molar-refractivity contribution >= 4 is 56.4 Å². The van der Waals surface area contributed by atoms with Crippen molar-refractivity contribution in [2.45, 2.75) is 17.7 Å². The lowest BCUT2D eigenvalue weighted by Crippen LogP contribution is -2.22. The van der Waals surface area contributed by atoms with Crippen LogP contribution in [0.4, 0.5) is 0 Å². The van der Waals surface area contributed by atoms with Crippen molar-refractivity contribution < 1.29 is 4.79 Å². The molecule has 0 spiro atoms. The molecule has 1 aromatic heterocycles. The van der Waals surface area contributed by atoms with E-state index in [0.717, 1.165) is 41.6 Å². The van der Waals surface area contributed by atoms with Gasteiger partial charge < -0.3 is 5.32 Å². The quantitative estimate of drug-likeness (QED) is 0.683. The Hall–Kier alpha value is -0.550. The maximum Gasteiger partial charge on any atom is 0.251 e. The number of halogens is 3. The molecule has 0 bridgehead atoms. The summed E-state index contributed by atoms with van der Waals surface area (Å²) in [4.78, 5) is 12.0. The number of nitrogens with one attached hydrogen (secondary N) is 1. The van der Waals surface area contributed by atoms with Gasteiger partial charge in [0.15, 0.2) is 0 Å². The molecule has 0 saturated heterocycles. The van der Waals surface area contributed by atoms with Crippen LogP contribution in [0.1, 0.15) is 38.3 Å². The summed E-state index contributed by atoms with van der Waals surface area (Å²) in [7, 11) is 0. The van der Waals surface area contributed by atoms with E-state index in [2.05, 4.69) is 21.2 Å². The second-order valence-electron chi connectivity index (χ2n) is 4.92. The highest BCUT2D eigenvalue weighted by Gasteiger charge is 2.21. The fraction of sp³-hybridized carbons (Fsp3) is 0.267. The lowest BCUT2D eigenvalue weighted by Gasteiger charge is -2.13. The monoisotopic (exact) mass is 403 g/mol. The third-order valence-electron chi connectivity index (χ3n) is 3.54. The van der Waals surface area contributed by atoms with Crippen molar-refractivity contribution in [1.29, 1.82) is 0 Å². The van der Waals surface area contributed by atoms with Gasteiger partial charge >= 0.3 is 0 Å². The van der Waals surface area contributed by atoms with Gasteiger partial charge in [0, 0.05) is 17.7 Å². The minimum Gasteiger partial charge on any atom is -0.352 e. The Labute approximate surface area is 145 Å². The molecular weight excluding hydrogens is 393 g/mol. The second kappa shape index (κ2) is 6.29. The van der Waals surface area contributed by atoms with Crippen LogP contribution in [0.5, 0.6) is 0 Å².